The lowest BCUT2D eigenvalue weighted by atomic mass is 9.95. The van der Waals surface area contributed by atoms with Crippen molar-refractivity contribution in [2.45, 2.75) is 24.9 Å². The lowest BCUT2D eigenvalue weighted by Gasteiger charge is -2.31. The number of benzene rings is 2. The normalized spacial score (nSPS) is 15.5. The monoisotopic (exact) mass is 459 g/mol. The van der Waals surface area contributed by atoms with Gasteiger partial charge in [0, 0.05) is 18.7 Å². The SMILES string of the molecule is Cn1nc(C2CCN(CC(=O)Nc3ccc(C(F)(F)F)cc3)CC2)n(-c2ccccc2)c1=O. The van der Waals surface area contributed by atoms with Crippen LogP contribution in [-0.2, 0) is 18.0 Å². The smallest absolute Gasteiger partial charge is 0.325 e. The van der Waals surface area contributed by atoms with E-state index >= 15 is 0 Å². The minimum Gasteiger partial charge on any atom is -0.325 e. The molecular formula is C23H24F3N5O2. The predicted molar refractivity (Wildman–Crippen MR) is 117 cm³/mol. The van der Waals surface area contributed by atoms with Crippen molar-refractivity contribution >= 4 is 11.6 Å². The topological polar surface area (TPSA) is 72.2 Å². The zero-order valence-electron chi connectivity index (χ0n) is 18.0. The molecule has 33 heavy (non-hydrogen) atoms. The number of amides is 1. The summed E-state index contributed by atoms with van der Waals surface area (Å²) in [7, 11) is 1.63. The van der Waals surface area contributed by atoms with Gasteiger partial charge in [-0.05, 0) is 62.3 Å². The number of anilines is 1. The second-order valence-corrected chi connectivity index (χ2v) is 8.11. The van der Waals surface area contributed by atoms with E-state index in [9.17, 15) is 22.8 Å². The summed E-state index contributed by atoms with van der Waals surface area (Å²) >= 11 is 0. The summed E-state index contributed by atoms with van der Waals surface area (Å²) in [6.45, 7) is 1.43. The Kier molecular flexibility index (Phi) is 6.37. The fraction of sp³-hybridized carbons (Fsp3) is 0.348. The molecule has 0 bridgehead atoms. The van der Waals surface area contributed by atoms with Crippen LogP contribution in [0.2, 0.25) is 0 Å². The number of aromatic nitrogens is 3. The van der Waals surface area contributed by atoms with Crippen LogP contribution in [0.1, 0.15) is 30.1 Å². The Balaban J connectivity index is 1.36. The summed E-state index contributed by atoms with van der Waals surface area (Å²) in [6.07, 6.45) is -2.94. The van der Waals surface area contributed by atoms with Gasteiger partial charge in [-0.15, -0.1) is 0 Å². The van der Waals surface area contributed by atoms with Crippen molar-refractivity contribution in [3.8, 4) is 5.69 Å². The van der Waals surface area contributed by atoms with Crippen LogP contribution in [0.15, 0.2) is 59.4 Å². The molecule has 3 aromatic rings. The van der Waals surface area contributed by atoms with Gasteiger partial charge in [-0.3, -0.25) is 9.69 Å². The second-order valence-electron chi connectivity index (χ2n) is 8.11. The number of hydrogen-bond donors (Lipinski definition) is 1. The number of likely N-dealkylation sites (tertiary alicyclic amines) is 1. The van der Waals surface area contributed by atoms with E-state index in [2.05, 4.69) is 10.4 Å². The summed E-state index contributed by atoms with van der Waals surface area (Å²) in [6, 6.07) is 13.8. The third-order valence-corrected chi connectivity index (χ3v) is 5.78. The minimum atomic E-state index is -4.41. The first-order valence-corrected chi connectivity index (χ1v) is 10.6. The Hall–Kier alpha value is -3.40. The van der Waals surface area contributed by atoms with E-state index in [1.165, 1.54) is 16.8 Å². The highest BCUT2D eigenvalue weighted by Crippen LogP contribution is 2.30. The van der Waals surface area contributed by atoms with Crippen molar-refractivity contribution < 1.29 is 18.0 Å². The van der Waals surface area contributed by atoms with Crippen LogP contribution in [-0.4, -0.2) is 44.8 Å². The van der Waals surface area contributed by atoms with Gasteiger partial charge in [0.2, 0.25) is 5.91 Å². The molecular weight excluding hydrogens is 435 g/mol. The van der Waals surface area contributed by atoms with Gasteiger partial charge in [-0.2, -0.15) is 18.3 Å². The van der Waals surface area contributed by atoms with Gasteiger partial charge < -0.3 is 5.32 Å². The van der Waals surface area contributed by atoms with Gasteiger partial charge in [-0.25, -0.2) is 14.0 Å². The number of piperidine rings is 1. The van der Waals surface area contributed by atoms with E-state index in [1.807, 2.05) is 35.2 Å². The van der Waals surface area contributed by atoms with Crippen molar-refractivity contribution in [1.29, 1.82) is 0 Å². The molecule has 0 unspecified atom stereocenters. The summed E-state index contributed by atoms with van der Waals surface area (Å²) in [5, 5.41) is 7.11. The molecule has 0 aliphatic carbocycles. The maximum atomic E-state index is 12.7. The molecule has 0 spiro atoms. The largest absolute Gasteiger partial charge is 0.416 e. The van der Waals surface area contributed by atoms with E-state index in [4.69, 9.17) is 0 Å². The van der Waals surface area contributed by atoms with Crippen LogP contribution in [0, 0.1) is 0 Å². The lowest BCUT2D eigenvalue weighted by Crippen LogP contribution is -2.39. The van der Waals surface area contributed by atoms with Crippen LogP contribution in [0.25, 0.3) is 5.69 Å². The van der Waals surface area contributed by atoms with Crippen LogP contribution >= 0.6 is 0 Å². The Morgan fingerprint density at radius 2 is 1.70 bits per heavy atom. The minimum absolute atomic E-state index is 0.0772. The highest BCUT2D eigenvalue weighted by molar-refractivity contribution is 5.92. The van der Waals surface area contributed by atoms with E-state index < -0.39 is 11.7 Å². The number of rotatable bonds is 5. The quantitative estimate of drug-likeness (QED) is 0.635. The molecule has 1 aliphatic heterocycles. The van der Waals surface area contributed by atoms with Gasteiger partial charge in [0.1, 0.15) is 5.82 Å². The van der Waals surface area contributed by atoms with Crippen LogP contribution < -0.4 is 11.0 Å². The molecule has 1 fully saturated rings. The fourth-order valence-electron chi connectivity index (χ4n) is 4.06. The zero-order chi connectivity index (χ0) is 23.6. The standard InChI is InChI=1S/C23H24F3N5O2/c1-29-22(33)31(19-5-3-2-4-6-19)21(28-29)16-11-13-30(14-12-16)15-20(32)27-18-9-7-17(8-10-18)23(24,25)26/h2-10,16H,11-15H2,1H3,(H,27,32). The fourth-order valence-corrected chi connectivity index (χ4v) is 4.06. The number of aryl methyl sites for hydroxylation is 1. The molecule has 174 valence electrons. The van der Waals surface area contributed by atoms with Crippen LogP contribution in [0.4, 0.5) is 18.9 Å². The maximum absolute atomic E-state index is 12.7. The molecule has 1 N–H and O–H groups in total. The number of alkyl halides is 3. The van der Waals surface area contributed by atoms with Crippen LogP contribution in [0.3, 0.4) is 0 Å². The third-order valence-electron chi connectivity index (χ3n) is 5.78. The summed E-state index contributed by atoms with van der Waals surface area (Å²) in [5.74, 6) is 0.503. The Bertz CT molecular complexity index is 1160. The van der Waals surface area contributed by atoms with Gasteiger partial charge in [0.05, 0.1) is 17.8 Å². The molecule has 1 amide bonds. The van der Waals surface area contributed by atoms with Crippen molar-refractivity contribution in [2.24, 2.45) is 7.05 Å². The summed E-state index contributed by atoms with van der Waals surface area (Å²) < 4.78 is 41.0. The van der Waals surface area contributed by atoms with E-state index in [1.54, 1.807) is 11.6 Å². The van der Waals surface area contributed by atoms with Gasteiger partial charge >= 0.3 is 11.9 Å². The van der Waals surface area contributed by atoms with Gasteiger partial charge in [-0.1, -0.05) is 18.2 Å². The number of carbonyl (C=O) groups excluding carboxylic acids is 1. The second kappa shape index (κ2) is 9.22. The lowest BCUT2D eigenvalue weighted by molar-refractivity contribution is -0.137. The van der Waals surface area contributed by atoms with Crippen molar-refractivity contribution in [1.82, 2.24) is 19.2 Å². The van der Waals surface area contributed by atoms with Crippen molar-refractivity contribution in [3.63, 3.8) is 0 Å². The third kappa shape index (κ3) is 5.16. The average molecular weight is 459 g/mol. The highest BCUT2D eigenvalue weighted by Gasteiger charge is 2.30. The average Bonchev–Trinajstić information content (AvgIpc) is 3.09. The van der Waals surface area contributed by atoms with Crippen molar-refractivity contribution in [2.75, 3.05) is 25.0 Å². The molecule has 10 heteroatoms. The Labute approximate surface area is 188 Å². The van der Waals surface area contributed by atoms with Gasteiger partial charge in [0.25, 0.3) is 0 Å². The number of nitrogens with zero attached hydrogens (tertiary/aromatic N) is 4. The summed E-state index contributed by atoms with van der Waals surface area (Å²) in [4.78, 5) is 27.0. The highest BCUT2D eigenvalue weighted by atomic mass is 19.4. The number of nitrogens with one attached hydrogen (secondary N) is 1. The van der Waals surface area contributed by atoms with E-state index in [0.29, 0.717) is 24.6 Å². The molecule has 1 aliphatic rings. The molecule has 2 aromatic carbocycles. The molecule has 2 heterocycles. The Morgan fingerprint density at radius 1 is 1.06 bits per heavy atom. The predicted octanol–water partition coefficient (Wildman–Crippen LogP) is 3.41. The molecule has 1 saturated heterocycles. The molecule has 0 radical (unpaired) electrons. The molecule has 7 nitrogen and oxygen atoms in total. The van der Waals surface area contributed by atoms with E-state index in [0.717, 1.165) is 30.7 Å². The van der Waals surface area contributed by atoms with Crippen LogP contribution in [0.5, 0.6) is 0 Å². The molecule has 1 aromatic heterocycles. The zero-order valence-corrected chi connectivity index (χ0v) is 18.0. The molecule has 0 atom stereocenters. The first-order chi connectivity index (χ1) is 15.7. The first kappa shape index (κ1) is 22.8. The molecule has 4 rings (SSSR count). The molecule has 0 saturated carbocycles. The number of carbonyl (C=O) groups is 1. The summed E-state index contributed by atoms with van der Waals surface area (Å²) in [5.41, 5.74) is 0.132. The number of halogens is 3. The van der Waals surface area contributed by atoms with E-state index in [-0.39, 0.29) is 24.1 Å². The van der Waals surface area contributed by atoms with Crippen molar-refractivity contribution in [3.05, 3.63) is 76.5 Å². The van der Waals surface area contributed by atoms with Gasteiger partial charge in [0.15, 0.2) is 0 Å². The number of hydrogen-bond acceptors (Lipinski definition) is 4. The number of para-hydroxylation sites is 1. The Morgan fingerprint density at radius 3 is 2.30 bits per heavy atom. The first-order valence-electron chi connectivity index (χ1n) is 10.6. The maximum Gasteiger partial charge on any atom is 0.416 e.